The first kappa shape index (κ1) is 29.7. The maximum Gasteiger partial charge on any atom is 0.330 e. The topological polar surface area (TPSA) is 146 Å². The Kier molecular flexibility index (Phi) is 12.6. The SMILES string of the molecule is C/C(=C\C(=O)OCCCCCCCCC(=O)O)C[C@@H]1OC[C@H](C[C@@H]2O[C@H]2[C@H](C)[C@H](C)O)[C@@H](O)[C@@H]1O. The van der Waals surface area contributed by atoms with E-state index in [0.29, 0.717) is 38.0 Å². The number of epoxide rings is 1. The number of carboxylic acids is 1. The van der Waals surface area contributed by atoms with Crippen LogP contribution in [0, 0.1) is 11.8 Å². The lowest BCUT2D eigenvalue weighted by atomic mass is 9.85. The molecule has 9 heteroatoms. The normalized spacial score (nSPS) is 30.5. The highest BCUT2D eigenvalue weighted by Crippen LogP contribution is 2.38. The lowest BCUT2D eigenvalue weighted by Gasteiger charge is -2.38. The Bertz CT molecular complexity index is 692. The van der Waals surface area contributed by atoms with E-state index in [1.54, 1.807) is 13.8 Å². The summed E-state index contributed by atoms with van der Waals surface area (Å²) in [5, 5.41) is 39.5. The number of hydrogen-bond acceptors (Lipinski definition) is 8. The zero-order valence-corrected chi connectivity index (χ0v) is 21.3. The zero-order chi connectivity index (χ0) is 26.0. The Labute approximate surface area is 208 Å². The van der Waals surface area contributed by atoms with Crippen molar-refractivity contribution in [1.82, 2.24) is 0 Å². The van der Waals surface area contributed by atoms with Crippen molar-refractivity contribution in [3.63, 3.8) is 0 Å². The summed E-state index contributed by atoms with van der Waals surface area (Å²) in [5.41, 5.74) is 0.708. The number of unbranched alkanes of at least 4 members (excludes halogenated alkanes) is 5. The molecule has 8 atom stereocenters. The summed E-state index contributed by atoms with van der Waals surface area (Å²) in [6, 6.07) is 0. The second kappa shape index (κ2) is 14.9. The molecule has 9 nitrogen and oxygen atoms in total. The van der Waals surface area contributed by atoms with Crippen molar-refractivity contribution in [3.8, 4) is 0 Å². The highest BCUT2D eigenvalue weighted by molar-refractivity contribution is 5.82. The van der Waals surface area contributed by atoms with Gasteiger partial charge in [-0.2, -0.15) is 0 Å². The first-order valence-electron chi connectivity index (χ1n) is 13.0. The second-order valence-electron chi connectivity index (χ2n) is 10.2. The van der Waals surface area contributed by atoms with Gasteiger partial charge in [0.15, 0.2) is 0 Å². The summed E-state index contributed by atoms with van der Waals surface area (Å²) in [5.74, 6) is -1.42. The fraction of sp³-hybridized carbons (Fsp3) is 0.846. The molecule has 2 saturated heterocycles. The summed E-state index contributed by atoms with van der Waals surface area (Å²) >= 11 is 0. The smallest absolute Gasteiger partial charge is 0.330 e. The van der Waals surface area contributed by atoms with Crippen molar-refractivity contribution in [1.29, 1.82) is 0 Å². The van der Waals surface area contributed by atoms with E-state index in [0.717, 1.165) is 32.1 Å². The molecule has 0 radical (unpaired) electrons. The van der Waals surface area contributed by atoms with Crippen molar-refractivity contribution < 1.29 is 44.2 Å². The molecule has 0 aliphatic carbocycles. The molecule has 2 rings (SSSR count). The third-order valence-electron chi connectivity index (χ3n) is 7.09. The van der Waals surface area contributed by atoms with Crippen LogP contribution in [0.2, 0.25) is 0 Å². The first-order valence-corrected chi connectivity index (χ1v) is 13.0. The minimum absolute atomic E-state index is 0.0160. The zero-order valence-electron chi connectivity index (χ0n) is 21.3. The van der Waals surface area contributed by atoms with E-state index in [2.05, 4.69) is 0 Å². The van der Waals surface area contributed by atoms with Crippen LogP contribution >= 0.6 is 0 Å². The molecule has 0 unspecified atom stereocenters. The van der Waals surface area contributed by atoms with Gasteiger partial charge in [-0.15, -0.1) is 0 Å². The molecule has 0 amide bonds. The van der Waals surface area contributed by atoms with Crippen LogP contribution in [0.1, 0.15) is 78.6 Å². The van der Waals surface area contributed by atoms with Crippen LogP contribution < -0.4 is 0 Å². The van der Waals surface area contributed by atoms with E-state index >= 15 is 0 Å². The van der Waals surface area contributed by atoms with E-state index in [-0.39, 0.29) is 30.5 Å². The molecule has 0 saturated carbocycles. The van der Waals surface area contributed by atoms with Gasteiger partial charge in [0, 0.05) is 24.3 Å². The minimum atomic E-state index is -1.06. The summed E-state index contributed by atoms with van der Waals surface area (Å²) in [6.45, 7) is 6.07. The average Bonchev–Trinajstić information content (AvgIpc) is 3.55. The molecule has 202 valence electrons. The average molecular weight is 501 g/mol. The maximum atomic E-state index is 12.1. The standard InChI is InChI=1S/C26H44O9/c1-16(13-23(30)33-11-9-7-5-4-6-8-10-22(28)29)12-20-25(32)24(31)19(15-34-20)14-21-26(35-21)17(2)18(3)27/h13,17-21,24-27,31-32H,4-12,14-15H2,1-3H3,(H,28,29)/b16-13+/t17-,18+,19+,20+,21+,24-,25-,26+/m1/s1. The van der Waals surface area contributed by atoms with Crippen LogP contribution in [0.3, 0.4) is 0 Å². The number of carboxylic acid groups (broad SMARTS) is 1. The number of carbonyl (C=O) groups excluding carboxylic acids is 1. The Morgan fingerprint density at radius 1 is 1.03 bits per heavy atom. The summed E-state index contributed by atoms with van der Waals surface area (Å²) in [6.07, 6.45) is 4.61. The van der Waals surface area contributed by atoms with Gasteiger partial charge in [0.1, 0.15) is 6.10 Å². The van der Waals surface area contributed by atoms with E-state index in [1.165, 1.54) is 6.08 Å². The van der Waals surface area contributed by atoms with Crippen LogP contribution in [0.15, 0.2) is 11.6 Å². The Morgan fingerprint density at radius 2 is 1.69 bits per heavy atom. The molecule has 2 aliphatic heterocycles. The van der Waals surface area contributed by atoms with E-state index in [9.17, 15) is 24.9 Å². The van der Waals surface area contributed by atoms with Gasteiger partial charge in [0.25, 0.3) is 0 Å². The van der Waals surface area contributed by atoms with Gasteiger partial charge >= 0.3 is 11.9 Å². The molecule has 2 aliphatic rings. The summed E-state index contributed by atoms with van der Waals surface area (Å²) in [4.78, 5) is 22.5. The fourth-order valence-electron chi connectivity index (χ4n) is 4.59. The van der Waals surface area contributed by atoms with Crippen molar-refractivity contribution in [2.24, 2.45) is 11.8 Å². The van der Waals surface area contributed by atoms with Crippen LogP contribution in [0.5, 0.6) is 0 Å². The van der Waals surface area contributed by atoms with Gasteiger partial charge in [-0.1, -0.05) is 38.2 Å². The van der Waals surface area contributed by atoms with E-state index in [4.69, 9.17) is 19.3 Å². The number of aliphatic carboxylic acids is 1. The second-order valence-corrected chi connectivity index (χ2v) is 10.2. The van der Waals surface area contributed by atoms with E-state index < -0.39 is 36.4 Å². The van der Waals surface area contributed by atoms with Crippen molar-refractivity contribution >= 4 is 11.9 Å². The Morgan fingerprint density at radius 3 is 2.34 bits per heavy atom. The van der Waals surface area contributed by atoms with Crippen LogP contribution in [-0.4, -0.2) is 82.2 Å². The Hall–Kier alpha value is -1.52. The van der Waals surface area contributed by atoms with Gasteiger partial charge in [-0.05, 0) is 39.5 Å². The van der Waals surface area contributed by atoms with Gasteiger partial charge in [-0.3, -0.25) is 4.79 Å². The Balaban J connectivity index is 1.62. The molecule has 0 aromatic rings. The fourth-order valence-corrected chi connectivity index (χ4v) is 4.59. The van der Waals surface area contributed by atoms with Crippen LogP contribution in [0.25, 0.3) is 0 Å². The third kappa shape index (κ3) is 10.6. The lowest BCUT2D eigenvalue weighted by molar-refractivity contribution is -0.165. The number of carbonyl (C=O) groups is 2. The van der Waals surface area contributed by atoms with E-state index in [1.807, 2.05) is 6.92 Å². The highest BCUT2D eigenvalue weighted by atomic mass is 16.6. The molecule has 0 aromatic carbocycles. The molecule has 0 spiro atoms. The number of aliphatic hydroxyl groups is 3. The minimum Gasteiger partial charge on any atom is -0.481 e. The predicted molar refractivity (Wildman–Crippen MR) is 129 cm³/mol. The van der Waals surface area contributed by atoms with Crippen molar-refractivity contribution in [2.45, 2.75) is 115 Å². The number of rotatable bonds is 16. The van der Waals surface area contributed by atoms with Gasteiger partial charge in [0.05, 0.1) is 43.7 Å². The quantitative estimate of drug-likeness (QED) is 0.109. The number of hydrogen-bond donors (Lipinski definition) is 4. The number of ether oxygens (including phenoxy) is 3. The molecule has 0 bridgehead atoms. The van der Waals surface area contributed by atoms with Gasteiger partial charge in [0.2, 0.25) is 0 Å². The molecule has 0 aromatic heterocycles. The lowest BCUT2D eigenvalue weighted by Crippen LogP contribution is -2.50. The first-order chi connectivity index (χ1) is 16.6. The van der Waals surface area contributed by atoms with Gasteiger partial charge < -0.3 is 34.6 Å². The predicted octanol–water partition coefficient (Wildman–Crippen LogP) is 2.59. The van der Waals surface area contributed by atoms with Crippen LogP contribution in [-0.2, 0) is 23.8 Å². The van der Waals surface area contributed by atoms with Gasteiger partial charge in [-0.25, -0.2) is 4.79 Å². The van der Waals surface area contributed by atoms with Crippen LogP contribution in [0.4, 0.5) is 0 Å². The maximum absolute atomic E-state index is 12.1. The third-order valence-corrected chi connectivity index (χ3v) is 7.09. The largest absolute Gasteiger partial charge is 0.481 e. The molecular weight excluding hydrogens is 456 g/mol. The summed E-state index contributed by atoms with van der Waals surface area (Å²) in [7, 11) is 0. The molecule has 2 heterocycles. The molecule has 4 N–H and O–H groups in total. The highest BCUT2D eigenvalue weighted by Gasteiger charge is 2.48. The molecule has 2 fully saturated rings. The number of aliphatic hydroxyl groups excluding tert-OH is 3. The number of esters is 1. The molecule has 35 heavy (non-hydrogen) atoms. The summed E-state index contributed by atoms with van der Waals surface area (Å²) < 4.78 is 16.7. The van der Waals surface area contributed by atoms with Crippen molar-refractivity contribution in [2.75, 3.05) is 13.2 Å². The molecular formula is C26H44O9. The van der Waals surface area contributed by atoms with Crippen molar-refractivity contribution in [3.05, 3.63) is 11.6 Å². The monoisotopic (exact) mass is 500 g/mol.